The van der Waals surface area contributed by atoms with E-state index < -0.39 is 0 Å². The molecular weight excluding hydrogens is 280 g/mol. The zero-order valence-corrected chi connectivity index (χ0v) is 16.2. The van der Waals surface area contributed by atoms with Crippen LogP contribution in [0.1, 0.15) is 104 Å². The van der Waals surface area contributed by atoms with Gasteiger partial charge in [-0.2, -0.15) is 0 Å². The SMILES string of the molecule is CCCCCCCCC[n+]1ccn(CC)c1CCCCCCC. The van der Waals surface area contributed by atoms with E-state index in [4.69, 9.17) is 0 Å². The molecule has 0 bridgehead atoms. The van der Waals surface area contributed by atoms with Crippen LogP contribution >= 0.6 is 0 Å². The van der Waals surface area contributed by atoms with Crippen LogP contribution in [0.3, 0.4) is 0 Å². The largest absolute Gasteiger partial charge is 0.256 e. The quantitative estimate of drug-likeness (QED) is 0.274. The maximum atomic E-state index is 2.52. The Balaban J connectivity index is 2.29. The molecule has 0 fully saturated rings. The smallest absolute Gasteiger partial charge is 0.235 e. The minimum atomic E-state index is 1.11. The van der Waals surface area contributed by atoms with Crippen LogP contribution in [0.4, 0.5) is 0 Å². The van der Waals surface area contributed by atoms with Gasteiger partial charge in [0.1, 0.15) is 12.4 Å². The second-order valence-electron chi connectivity index (χ2n) is 6.98. The summed E-state index contributed by atoms with van der Waals surface area (Å²) in [4.78, 5) is 0. The zero-order chi connectivity index (χ0) is 16.8. The van der Waals surface area contributed by atoms with Gasteiger partial charge in [-0.25, -0.2) is 9.13 Å². The van der Waals surface area contributed by atoms with Gasteiger partial charge >= 0.3 is 0 Å². The molecule has 1 aromatic rings. The lowest BCUT2D eigenvalue weighted by Gasteiger charge is -2.05. The summed E-state index contributed by atoms with van der Waals surface area (Å²) < 4.78 is 4.97. The van der Waals surface area contributed by atoms with Crippen LogP contribution in [-0.4, -0.2) is 4.57 Å². The summed E-state index contributed by atoms with van der Waals surface area (Å²) in [6.45, 7) is 9.16. The summed E-state index contributed by atoms with van der Waals surface area (Å²) in [6.07, 6.45) is 22.5. The molecule has 1 aromatic heterocycles. The molecule has 23 heavy (non-hydrogen) atoms. The van der Waals surface area contributed by atoms with Crippen molar-refractivity contribution in [3.05, 3.63) is 18.2 Å². The average Bonchev–Trinajstić information content (AvgIpc) is 2.96. The number of hydrogen-bond donors (Lipinski definition) is 0. The Morgan fingerprint density at radius 2 is 1.30 bits per heavy atom. The highest BCUT2D eigenvalue weighted by Crippen LogP contribution is 2.09. The van der Waals surface area contributed by atoms with Gasteiger partial charge in [-0.1, -0.05) is 71.6 Å². The molecule has 1 heterocycles. The molecule has 0 amide bonds. The molecule has 2 heteroatoms. The summed E-state index contributed by atoms with van der Waals surface area (Å²) in [5.74, 6) is 1.55. The van der Waals surface area contributed by atoms with E-state index in [0.29, 0.717) is 0 Å². The maximum Gasteiger partial charge on any atom is 0.256 e. The maximum absolute atomic E-state index is 2.52. The Kier molecular flexibility index (Phi) is 12.0. The van der Waals surface area contributed by atoms with E-state index in [2.05, 4.69) is 42.3 Å². The van der Waals surface area contributed by atoms with E-state index >= 15 is 0 Å². The molecule has 0 N–H and O–H groups in total. The molecule has 0 aromatic carbocycles. The van der Waals surface area contributed by atoms with Crippen molar-refractivity contribution in [2.45, 2.75) is 117 Å². The molecule has 1 rings (SSSR count). The number of nitrogens with zero attached hydrogens (tertiary/aromatic N) is 2. The van der Waals surface area contributed by atoms with Crippen molar-refractivity contribution >= 4 is 0 Å². The van der Waals surface area contributed by atoms with Gasteiger partial charge < -0.3 is 0 Å². The van der Waals surface area contributed by atoms with Gasteiger partial charge in [0.25, 0.3) is 5.82 Å². The van der Waals surface area contributed by atoms with Crippen molar-refractivity contribution < 1.29 is 4.57 Å². The second kappa shape index (κ2) is 13.6. The molecule has 2 nitrogen and oxygen atoms in total. The monoisotopic (exact) mass is 321 g/mol. The van der Waals surface area contributed by atoms with Crippen LogP contribution in [0.25, 0.3) is 0 Å². The molecule has 0 aliphatic rings. The second-order valence-corrected chi connectivity index (χ2v) is 6.98. The fourth-order valence-corrected chi connectivity index (χ4v) is 3.40. The summed E-state index contributed by atoms with van der Waals surface area (Å²) in [7, 11) is 0. The Hall–Kier alpha value is -0.790. The van der Waals surface area contributed by atoms with Gasteiger partial charge in [-0.05, 0) is 26.2 Å². The molecule has 134 valence electrons. The first-order chi connectivity index (χ1) is 11.3. The van der Waals surface area contributed by atoms with Crippen LogP contribution in [0.15, 0.2) is 12.4 Å². The Morgan fingerprint density at radius 3 is 1.91 bits per heavy atom. The van der Waals surface area contributed by atoms with E-state index in [1.54, 1.807) is 5.82 Å². The summed E-state index contributed by atoms with van der Waals surface area (Å²) >= 11 is 0. The first-order valence-electron chi connectivity index (χ1n) is 10.4. The highest BCUT2D eigenvalue weighted by atomic mass is 15.1. The minimum absolute atomic E-state index is 1.11. The van der Waals surface area contributed by atoms with Crippen molar-refractivity contribution in [3.8, 4) is 0 Å². The lowest BCUT2D eigenvalue weighted by molar-refractivity contribution is -0.704. The third-order valence-electron chi connectivity index (χ3n) is 4.94. The summed E-state index contributed by atoms with van der Waals surface area (Å²) in [5, 5.41) is 0. The van der Waals surface area contributed by atoms with Gasteiger partial charge in [0.05, 0.1) is 13.1 Å². The lowest BCUT2D eigenvalue weighted by Crippen LogP contribution is -2.37. The Bertz CT molecular complexity index is 381. The predicted octanol–water partition coefficient (Wildman–Crippen LogP) is 6.06. The van der Waals surface area contributed by atoms with Gasteiger partial charge in [0, 0.05) is 6.42 Å². The Morgan fingerprint density at radius 1 is 0.739 bits per heavy atom. The van der Waals surface area contributed by atoms with Crippen molar-refractivity contribution in [2.24, 2.45) is 0 Å². The molecule has 0 saturated heterocycles. The number of aryl methyl sites for hydroxylation is 2. The van der Waals surface area contributed by atoms with E-state index in [-0.39, 0.29) is 0 Å². The third-order valence-corrected chi connectivity index (χ3v) is 4.94. The number of unbranched alkanes of at least 4 members (excludes halogenated alkanes) is 10. The van der Waals surface area contributed by atoms with Crippen LogP contribution in [0, 0.1) is 0 Å². The summed E-state index contributed by atoms with van der Waals surface area (Å²) in [5.41, 5.74) is 0. The molecule has 0 spiro atoms. The van der Waals surface area contributed by atoms with Gasteiger partial charge in [-0.15, -0.1) is 0 Å². The average molecular weight is 322 g/mol. The lowest BCUT2D eigenvalue weighted by atomic mass is 10.1. The van der Waals surface area contributed by atoms with Crippen LogP contribution in [-0.2, 0) is 19.5 Å². The number of hydrogen-bond acceptors (Lipinski definition) is 0. The zero-order valence-electron chi connectivity index (χ0n) is 16.2. The van der Waals surface area contributed by atoms with E-state index in [1.807, 2.05) is 0 Å². The minimum Gasteiger partial charge on any atom is -0.235 e. The van der Waals surface area contributed by atoms with Crippen molar-refractivity contribution in [1.82, 2.24) is 4.57 Å². The van der Waals surface area contributed by atoms with Gasteiger partial charge in [0.15, 0.2) is 0 Å². The molecule has 0 atom stereocenters. The number of rotatable bonds is 15. The molecule has 0 aliphatic carbocycles. The Labute approximate surface area is 145 Å². The van der Waals surface area contributed by atoms with Crippen molar-refractivity contribution in [2.75, 3.05) is 0 Å². The molecular formula is C21H41N2+. The molecule has 0 unspecified atom stereocenters. The van der Waals surface area contributed by atoms with Crippen LogP contribution in [0.5, 0.6) is 0 Å². The highest BCUT2D eigenvalue weighted by Gasteiger charge is 2.15. The third kappa shape index (κ3) is 8.58. The first-order valence-corrected chi connectivity index (χ1v) is 10.4. The van der Waals surface area contributed by atoms with Crippen molar-refractivity contribution in [3.63, 3.8) is 0 Å². The first kappa shape index (κ1) is 20.3. The highest BCUT2D eigenvalue weighted by molar-refractivity contribution is 4.83. The molecule has 0 radical (unpaired) electrons. The number of aromatic nitrogens is 2. The van der Waals surface area contributed by atoms with E-state index in [9.17, 15) is 0 Å². The van der Waals surface area contributed by atoms with E-state index in [1.165, 1.54) is 90.0 Å². The molecule has 0 aliphatic heterocycles. The predicted molar refractivity (Wildman–Crippen MR) is 101 cm³/mol. The van der Waals surface area contributed by atoms with Crippen LogP contribution in [0.2, 0.25) is 0 Å². The van der Waals surface area contributed by atoms with E-state index in [0.717, 1.165) is 6.54 Å². The van der Waals surface area contributed by atoms with Gasteiger partial charge in [0.2, 0.25) is 0 Å². The topological polar surface area (TPSA) is 8.81 Å². The molecule has 0 saturated carbocycles. The van der Waals surface area contributed by atoms with Gasteiger partial charge in [-0.3, -0.25) is 0 Å². The summed E-state index contributed by atoms with van der Waals surface area (Å²) in [6, 6.07) is 0. The fourth-order valence-electron chi connectivity index (χ4n) is 3.40. The normalized spacial score (nSPS) is 11.3. The number of imidazole rings is 1. The fraction of sp³-hybridized carbons (Fsp3) is 0.857. The van der Waals surface area contributed by atoms with Crippen molar-refractivity contribution in [1.29, 1.82) is 0 Å². The van der Waals surface area contributed by atoms with Crippen LogP contribution < -0.4 is 4.57 Å². The standard InChI is InChI=1S/C21H41N2/c1-4-7-9-11-12-14-16-18-23-20-19-22(6-3)21(23)17-15-13-10-8-5-2/h19-20H,4-18H2,1-3H3/q+1.